The third-order valence-corrected chi connectivity index (χ3v) is 6.22. The van der Waals surface area contributed by atoms with Crippen LogP contribution >= 0.6 is 11.3 Å². The van der Waals surface area contributed by atoms with Crippen molar-refractivity contribution in [2.24, 2.45) is 5.92 Å². The second kappa shape index (κ2) is 8.17. The van der Waals surface area contributed by atoms with Crippen LogP contribution in [-0.4, -0.2) is 46.3 Å². The second-order valence-electron chi connectivity index (χ2n) is 7.32. The molecule has 3 heterocycles. The monoisotopic (exact) mass is 384 g/mol. The number of likely N-dealkylation sites (tertiary alicyclic amines) is 1. The molecule has 1 saturated heterocycles. The minimum Gasteiger partial charge on any atom is -0.355 e. The van der Waals surface area contributed by atoms with Crippen LogP contribution in [0.25, 0.3) is 0 Å². The molecule has 7 heteroatoms. The Balaban J connectivity index is 1.32. The van der Waals surface area contributed by atoms with Crippen LogP contribution in [-0.2, 0) is 11.2 Å². The molecule has 0 radical (unpaired) electrons. The molecule has 0 spiro atoms. The predicted molar refractivity (Wildman–Crippen MR) is 104 cm³/mol. The van der Waals surface area contributed by atoms with Crippen molar-refractivity contribution < 1.29 is 9.59 Å². The fourth-order valence-corrected chi connectivity index (χ4v) is 4.45. The predicted octanol–water partition coefficient (Wildman–Crippen LogP) is 2.63. The SMILES string of the molecule is O=C(NCCc1csc([C@@H]2CCCN(C(=O)c3cccnc3)C2)n1)C1CC1. The standard InChI is InChI=1S/C20H24N4O2S/c25-18(14-5-6-14)22-9-7-17-13-27-19(23-17)16-4-2-10-24(12-16)20(26)15-3-1-8-21-11-15/h1,3,8,11,13-14,16H,2,4-7,9-10,12H2,(H,22,25)/t16-/m1/s1. The minimum absolute atomic E-state index is 0.0485. The molecule has 0 unspecified atom stereocenters. The van der Waals surface area contributed by atoms with Gasteiger partial charge in [0, 0.05) is 55.7 Å². The van der Waals surface area contributed by atoms with Gasteiger partial charge in [0.05, 0.1) is 16.3 Å². The summed E-state index contributed by atoms with van der Waals surface area (Å²) in [6, 6.07) is 3.61. The largest absolute Gasteiger partial charge is 0.355 e. The lowest BCUT2D eigenvalue weighted by atomic mass is 9.98. The van der Waals surface area contributed by atoms with Gasteiger partial charge in [-0.1, -0.05) is 0 Å². The maximum absolute atomic E-state index is 12.7. The first kappa shape index (κ1) is 18.1. The zero-order valence-corrected chi connectivity index (χ0v) is 16.1. The van der Waals surface area contributed by atoms with E-state index < -0.39 is 0 Å². The van der Waals surface area contributed by atoms with Crippen molar-refractivity contribution in [2.75, 3.05) is 19.6 Å². The van der Waals surface area contributed by atoms with E-state index in [1.165, 1.54) is 0 Å². The van der Waals surface area contributed by atoms with Gasteiger partial charge in [-0.3, -0.25) is 14.6 Å². The van der Waals surface area contributed by atoms with Crippen LogP contribution in [0.15, 0.2) is 29.9 Å². The second-order valence-corrected chi connectivity index (χ2v) is 8.21. The molecule has 4 rings (SSSR count). The lowest BCUT2D eigenvalue weighted by Gasteiger charge is -2.31. The highest BCUT2D eigenvalue weighted by Crippen LogP contribution is 2.30. The van der Waals surface area contributed by atoms with Gasteiger partial charge in [-0.05, 0) is 37.8 Å². The van der Waals surface area contributed by atoms with Crippen molar-refractivity contribution in [3.05, 3.63) is 46.2 Å². The van der Waals surface area contributed by atoms with Crippen molar-refractivity contribution in [3.8, 4) is 0 Å². The lowest BCUT2D eigenvalue weighted by molar-refractivity contribution is -0.122. The van der Waals surface area contributed by atoms with E-state index >= 15 is 0 Å². The number of hydrogen-bond donors (Lipinski definition) is 1. The molecule has 1 saturated carbocycles. The number of nitrogens with zero attached hydrogens (tertiary/aromatic N) is 3. The van der Waals surface area contributed by atoms with Gasteiger partial charge in [0.1, 0.15) is 0 Å². The van der Waals surface area contributed by atoms with Crippen molar-refractivity contribution in [3.63, 3.8) is 0 Å². The molecule has 27 heavy (non-hydrogen) atoms. The molecule has 2 fully saturated rings. The van der Waals surface area contributed by atoms with E-state index in [-0.39, 0.29) is 17.7 Å². The quantitative estimate of drug-likeness (QED) is 0.831. The molecule has 1 atom stereocenters. The molecular weight excluding hydrogens is 360 g/mol. The number of carbonyl (C=O) groups excluding carboxylic acids is 2. The number of carbonyl (C=O) groups is 2. The molecule has 2 aliphatic rings. The summed E-state index contributed by atoms with van der Waals surface area (Å²) < 4.78 is 0. The molecule has 1 N–H and O–H groups in total. The van der Waals surface area contributed by atoms with Gasteiger partial charge in [0.2, 0.25) is 5.91 Å². The average Bonchev–Trinajstić information content (AvgIpc) is 3.47. The van der Waals surface area contributed by atoms with Gasteiger partial charge < -0.3 is 10.2 Å². The summed E-state index contributed by atoms with van der Waals surface area (Å²) in [7, 11) is 0. The Morgan fingerprint density at radius 1 is 1.30 bits per heavy atom. The molecule has 0 bridgehead atoms. The van der Waals surface area contributed by atoms with Crippen LogP contribution < -0.4 is 5.32 Å². The van der Waals surface area contributed by atoms with Crippen molar-refractivity contribution >= 4 is 23.2 Å². The summed E-state index contributed by atoms with van der Waals surface area (Å²) in [5.41, 5.74) is 1.67. The maximum atomic E-state index is 12.7. The summed E-state index contributed by atoms with van der Waals surface area (Å²) in [6.45, 7) is 2.14. The van der Waals surface area contributed by atoms with Gasteiger partial charge in [-0.2, -0.15) is 0 Å². The van der Waals surface area contributed by atoms with E-state index in [0.717, 1.165) is 49.4 Å². The molecule has 2 aromatic heterocycles. The number of hydrogen-bond acceptors (Lipinski definition) is 5. The highest BCUT2D eigenvalue weighted by Gasteiger charge is 2.29. The van der Waals surface area contributed by atoms with E-state index in [4.69, 9.17) is 4.98 Å². The maximum Gasteiger partial charge on any atom is 0.255 e. The first-order valence-electron chi connectivity index (χ1n) is 9.62. The fourth-order valence-electron chi connectivity index (χ4n) is 3.46. The van der Waals surface area contributed by atoms with Crippen LogP contribution in [0.4, 0.5) is 0 Å². The topological polar surface area (TPSA) is 75.2 Å². The van der Waals surface area contributed by atoms with Crippen LogP contribution in [0.3, 0.4) is 0 Å². The number of rotatable bonds is 6. The molecule has 142 valence electrons. The number of thiazole rings is 1. The molecule has 1 aliphatic heterocycles. The Morgan fingerprint density at radius 3 is 2.96 bits per heavy atom. The Morgan fingerprint density at radius 2 is 2.19 bits per heavy atom. The van der Waals surface area contributed by atoms with Gasteiger partial charge in [0.25, 0.3) is 5.91 Å². The van der Waals surface area contributed by atoms with Crippen molar-refractivity contribution in [1.29, 1.82) is 0 Å². The Hall–Kier alpha value is -2.28. The molecular formula is C20H24N4O2S. The van der Waals surface area contributed by atoms with Crippen molar-refractivity contribution in [1.82, 2.24) is 20.2 Å². The summed E-state index contributed by atoms with van der Waals surface area (Å²) >= 11 is 1.67. The summed E-state index contributed by atoms with van der Waals surface area (Å²) in [5.74, 6) is 0.774. The van der Waals surface area contributed by atoms with E-state index in [1.807, 2.05) is 11.0 Å². The zero-order valence-electron chi connectivity index (χ0n) is 15.3. The zero-order chi connectivity index (χ0) is 18.6. The Kier molecular flexibility index (Phi) is 5.48. The molecule has 1 aliphatic carbocycles. The normalized spacial score (nSPS) is 19.7. The van der Waals surface area contributed by atoms with E-state index in [1.54, 1.807) is 29.8 Å². The van der Waals surface area contributed by atoms with Gasteiger partial charge in [0.15, 0.2) is 0 Å². The van der Waals surface area contributed by atoms with Crippen molar-refractivity contribution in [2.45, 2.75) is 38.0 Å². The molecule has 6 nitrogen and oxygen atoms in total. The molecule has 2 amide bonds. The van der Waals surface area contributed by atoms with Gasteiger partial charge in [-0.25, -0.2) is 4.98 Å². The Bertz CT molecular complexity index is 803. The highest BCUT2D eigenvalue weighted by molar-refractivity contribution is 7.09. The molecule has 0 aromatic carbocycles. The minimum atomic E-state index is 0.0485. The van der Waals surface area contributed by atoms with Crippen LogP contribution in [0.2, 0.25) is 0 Å². The van der Waals surface area contributed by atoms with Crippen LogP contribution in [0, 0.1) is 5.92 Å². The third kappa shape index (κ3) is 4.53. The number of pyridine rings is 1. The van der Waals surface area contributed by atoms with E-state index in [0.29, 0.717) is 24.6 Å². The third-order valence-electron chi connectivity index (χ3n) is 5.16. The van der Waals surface area contributed by atoms with E-state index in [2.05, 4.69) is 15.7 Å². The van der Waals surface area contributed by atoms with Gasteiger partial charge >= 0.3 is 0 Å². The average molecular weight is 385 g/mol. The first-order valence-corrected chi connectivity index (χ1v) is 10.5. The highest BCUT2D eigenvalue weighted by atomic mass is 32.1. The lowest BCUT2D eigenvalue weighted by Crippen LogP contribution is -2.39. The number of aromatic nitrogens is 2. The summed E-state index contributed by atoms with van der Waals surface area (Å²) in [4.78, 5) is 35.1. The number of nitrogens with one attached hydrogen (secondary N) is 1. The van der Waals surface area contributed by atoms with Gasteiger partial charge in [-0.15, -0.1) is 11.3 Å². The number of amides is 2. The fraction of sp³-hybridized carbons (Fsp3) is 0.500. The summed E-state index contributed by atoms with van der Waals surface area (Å²) in [5, 5.41) is 6.17. The summed E-state index contributed by atoms with van der Waals surface area (Å²) in [6.07, 6.45) is 8.18. The van der Waals surface area contributed by atoms with Crippen LogP contribution in [0.1, 0.15) is 52.7 Å². The smallest absolute Gasteiger partial charge is 0.255 e. The number of piperidine rings is 1. The first-order chi connectivity index (χ1) is 13.2. The van der Waals surface area contributed by atoms with Crippen LogP contribution in [0.5, 0.6) is 0 Å². The Labute approximate surface area is 163 Å². The van der Waals surface area contributed by atoms with E-state index in [9.17, 15) is 9.59 Å². The molecule has 2 aromatic rings.